The van der Waals surface area contributed by atoms with Gasteiger partial charge in [0.2, 0.25) is 5.95 Å². The third-order valence-electron chi connectivity index (χ3n) is 7.57. The molecule has 37 heavy (non-hydrogen) atoms. The van der Waals surface area contributed by atoms with Crippen LogP contribution < -0.4 is 10.6 Å². The normalized spacial score (nSPS) is 15.1. The number of hydrogen-bond acceptors (Lipinski definition) is 5. The lowest BCUT2D eigenvalue weighted by Crippen LogP contribution is -2.51. The molecule has 1 aromatic heterocycles. The summed E-state index contributed by atoms with van der Waals surface area (Å²) in [5.41, 5.74) is 2.34. The Kier molecular flexibility index (Phi) is 7.44. The van der Waals surface area contributed by atoms with Gasteiger partial charge in [-0.3, -0.25) is 4.79 Å². The number of aromatic nitrogens is 2. The molecule has 0 radical (unpaired) electrons. The van der Waals surface area contributed by atoms with Crippen molar-refractivity contribution in [2.24, 2.45) is 0 Å². The van der Waals surface area contributed by atoms with E-state index in [1.165, 1.54) is 42.0 Å². The van der Waals surface area contributed by atoms with Crippen molar-refractivity contribution in [2.45, 2.75) is 63.6 Å². The van der Waals surface area contributed by atoms with Gasteiger partial charge in [-0.15, -0.1) is 0 Å². The summed E-state index contributed by atoms with van der Waals surface area (Å²) in [6.07, 6.45) is 7.16. The molecule has 1 heterocycles. The first-order chi connectivity index (χ1) is 18.0. The van der Waals surface area contributed by atoms with Gasteiger partial charge < -0.3 is 25.4 Å². The zero-order valence-electron chi connectivity index (χ0n) is 21.4. The highest BCUT2D eigenvalue weighted by Crippen LogP contribution is 2.34. The maximum atomic E-state index is 12.9. The molecular weight excluding hydrogens is 464 g/mol. The van der Waals surface area contributed by atoms with Crippen molar-refractivity contribution in [2.75, 3.05) is 18.5 Å². The van der Waals surface area contributed by atoms with Crippen LogP contribution in [0.25, 0.3) is 21.8 Å². The standard InChI is InChI=1S/C30H36N4O3/c1-30(19-35,20-36)33-28(37)22-15-16-27-26(17-22)32-29(34(27)24-12-4-2-3-5-13-24)31-18-23-11-8-10-21-9-6-7-14-25(21)23/h6-11,14-17,24,35-36H,2-5,12-13,18-20H2,1H3,(H,31,32)(H,33,37). The second-order valence-electron chi connectivity index (χ2n) is 10.5. The fraction of sp³-hybridized carbons (Fsp3) is 0.400. The average Bonchev–Trinajstić information content (AvgIpc) is 3.08. The average molecular weight is 501 g/mol. The lowest BCUT2D eigenvalue weighted by molar-refractivity contribution is 0.0724. The molecule has 0 atom stereocenters. The largest absolute Gasteiger partial charge is 0.394 e. The molecule has 3 aromatic carbocycles. The molecule has 1 amide bonds. The van der Waals surface area contributed by atoms with E-state index >= 15 is 0 Å². The molecule has 1 saturated carbocycles. The smallest absolute Gasteiger partial charge is 0.251 e. The monoisotopic (exact) mass is 500 g/mol. The number of rotatable bonds is 8. The number of nitrogens with zero attached hydrogens (tertiary/aromatic N) is 2. The van der Waals surface area contributed by atoms with E-state index < -0.39 is 5.54 Å². The summed E-state index contributed by atoms with van der Waals surface area (Å²) in [5.74, 6) is 0.477. The molecule has 0 saturated heterocycles. The third kappa shape index (κ3) is 5.33. The van der Waals surface area contributed by atoms with Crippen LogP contribution in [0.4, 0.5) is 5.95 Å². The predicted molar refractivity (Wildman–Crippen MR) is 148 cm³/mol. The number of nitrogens with one attached hydrogen (secondary N) is 2. The fourth-order valence-corrected chi connectivity index (χ4v) is 5.35. The minimum atomic E-state index is -1.09. The maximum Gasteiger partial charge on any atom is 0.251 e. The zero-order valence-corrected chi connectivity index (χ0v) is 21.4. The number of benzene rings is 3. The maximum absolute atomic E-state index is 12.9. The highest BCUT2D eigenvalue weighted by atomic mass is 16.3. The van der Waals surface area contributed by atoms with Crippen LogP contribution in [0, 0.1) is 0 Å². The van der Waals surface area contributed by atoms with Crippen LogP contribution in [0.2, 0.25) is 0 Å². The van der Waals surface area contributed by atoms with Crippen molar-refractivity contribution >= 4 is 33.7 Å². The quantitative estimate of drug-likeness (QED) is 0.250. The molecule has 7 heteroatoms. The van der Waals surface area contributed by atoms with Crippen LogP contribution in [-0.2, 0) is 6.54 Å². The second kappa shape index (κ2) is 10.9. The summed E-state index contributed by atoms with van der Waals surface area (Å²) in [6, 6.07) is 20.7. The summed E-state index contributed by atoms with van der Waals surface area (Å²) in [4.78, 5) is 17.9. The van der Waals surface area contributed by atoms with Gasteiger partial charge in [0.1, 0.15) is 0 Å². The van der Waals surface area contributed by atoms with E-state index in [9.17, 15) is 15.0 Å². The fourth-order valence-electron chi connectivity index (χ4n) is 5.35. The molecule has 4 N–H and O–H groups in total. The molecule has 0 bridgehead atoms. The van der Waals surface area contributed by atoms with E-state index in [0.717, 1.165) is 29.8 Å². The van der Waals surface area contributed by atoms with E-state index in [4.69, 9.17) is 4.98 Å². The summed E-state index contributed by atoms with van der Waals surface area (Å²) < 4.78 is 2.33. The van der Waals surface area contributed by atoms with Crippen molar-refractivity contribution in [3.05, 3.63) is 71.8 Å². The van der Waals surface area contributed by atoms with Gasteiger partial charge in [0.25, 0.3) is 5.91 Å². The number of carbonyl (C=O) groups excluding carboxylic acids is 1. The number of hydrogen-bond donors (Lipinski definition) is 4. The number of anilines is 1. The highest BCUT2D eigenvalue weighted by Gasteiger charge is 2.26. The minimum absolute atomic E-state index is 0.346. The van der Waals surface area contributed by atoms with E-state index in [1.807, 2.05) is 6.07 Å². The first-order valence-electron chi connectivity index (χ1n) is 13.3. The van der Waals surface area contributed by atoms with E-state index in [0.29, 0.717) is 18.2 Å². The lowest BCUT2D eigenvalue weighted by atomic mass is 10.0. The van der Waals surface area contributed by atoms with Crippen molar-refractivity contribution < 1.29 is 15.0 Å². The van der Waals surface area contributed by atoms with Gasteiger partial charge in [-0.1, -0.05) is 68.1 Å². The molecule has 4 aromatic rings. The summed E-state index contributed by atoms with van der Waals surface area (Å²) >= 11 is 0. The van der Waals surface area contributed by atoms with E-state index in [-0.39, 0.29) is 19.1 Å². The second-order valence-corrected chi connectivity index (χ2v) is 10.5. The van der Waals surface area contributed by atoms with Crippen LogP contribution in [0.3, 0.4) is 0 Å². The Morgan fingerprint density at radius 2 is 1.73 bits per heavy atom. The summed E-state index contributed by atoms with van der Waals surface area (Å²) in [6.45, 7) is 1.56. The van der Waals surface area contributed by atoms with Crippen molar-refractivity contribution in [1.29, 1.82) is 0 Å². The molecule has 1 fully saturated rings. The number of imidazole rings is 1. The SMILES string of the molecule is CC(CO)(CO)NC(=O)c1ccc2c(c1)nc(NCc1cccc3ccccc13)n2C1CCCCCC1. The molecule has 0 aliphatic heterocycles. The van der Waals surface area contributed by atoms with E-state index in [1.54, 1.807) is 19.1 Å². The van der Waals surface area contributed by atoms with Crippen LogP contribution in [0.1, 0.15) is 67.4 Å². The Balaban J connectivity index is 1.49. The van der Waals surface area contributed by atoms with Gasteiger partial charge in [-0.25, -0.2) is 4.98 Å². The first kappa shape index (κ1) is 25.2. The van der Waals surface area contributed by atoms with Gasteiger partial charge >= 0.3 is 0 Å². The number of carbonyl (C=O) groups is 1. The molecular formula is C30H36N4O3. The van der Waals surface area contributed by atoms with Gasteiger partial charge in [-0.2, -0.15) is 0 Å². The minimum Gasteiger partial charge on any atom is -0.394 e. The number of amides is 1. The highest BCUT2D eigenvalue weighted by molar-refractivity contribution is 5.98. The molecule has 7 nitrogen and oxygen atoms in total. The third-order valence-corrected chi connectivity index (χ3v) is 7.57. The van der Waals surface area contributed by atoms with E-state index in [2.05, 4.69) is 57.7 Å². The Hall–Kier alpha value is -3.42. The molecule has 194 valence electrons. The number of aliphatic hydroxyl groups is 2. The van der Waals surface area contributed by atoms with Crippen LogP contribution >= 0.6 is 0 Å². The first-order valence-corrected chi connectivity index (χ1v) is 13.3. The molecule has 5 rings (SSSR count). The molecule has 0 unspecified atom stereocenters. The van der Waals surface area contributed by atoms with Gasteiger partial charge in [-0.05, 0) is 54.3 Å². The Morgan fingerprint density at radius 1 is 1.00 bits per heavy atom. The molecule has 1 aliphatic carbocycles. The number of fused-ring (bicyclic) bond motifs is 2. The van der Waals surface area contributed by atoms with Crippen molar-refractivity contribution in [1.82, 2.24) is 14.9 Å². The summed E-state index contributed by atoms with van der Waals surface area (Å²) in [7, 11) is 0. The number of aliphatic hydroxyl groups excluding tert-OH is 2. The van der Waals surface area contributed by atoms with Gasteiger partial charge in [0, 0.05) is 18.2 Å². The Morgan fingerprint density at radius 3 is 2.49 bits per heavy atom. The zero-order chi connectivity index (χ0) is 25.8. The van der Waals surface area contributed by atoms with Gasteiger partial charge in [0.05, 0.1) is 29.8 Å². The van der Waals surface area contributed by atoms with Crippen molar-refractivity contribution in [3.8, 4) is 0 Å². The predicted octanol–water partition coefficient (Wildman–Crippen LogP) is 5.17. The van der Waals surface area contributed by atoms with Crippen LogP contribution in [0.5, 0.6) is 0 Å². The van der Waals surface area contributed by atoms with Gasteiger partial charge in [0.15, 0.2) is 0 Å². The Bertz CT molecular complexity index is 1380. The topological polar surface area (TPSA) is 99.4 Å². The van der Waals surface area contributed by atoms with Crippen LogP contribution in [-0.4, -0.2) is 44.4 Å². The summed E-state index contributed by atoms with van der Waals surface area (Å²) in [5, 5.41) is 28.0. The molecule has 0 spiro atoms. The Labute approximate surface area is 217 Å². The lowest BCUT2D eigenvalue weighted by Gasteiger charge is -2.26. The molecule has 1 aliphatic rings. The van der Waals surface area contributed by atoms with Crippen molar-refractivity contribution in [3.63, 3.8) is 0 Å². The van der Waals surface area contributed by atoms with Crippen LogP contribution in [0.15, 0.2) is 60.7 Å².